The SMILES string of the molecule is O=C(CCc1ccc(Sc2cccc(OCc3ccccc3)c2)cc1Cl)Nc1cccc(C(O)C(=O)O)c1. The van der Waals surface area contributed by atoms with Crippen LogP contribution in [0.3, 0.4) is 0 Å². The van der Waals surface area contributed by atoms with Crippen molar-refractivity contribution in [3.8, 4) is 5.75 Å². The standard InChI is InChI=1S/C30H26ClNO5S/c31-27-18-26(38-25-11-5-10-24(17-25)37-19-20-6-2-1-3-7-20)14-12-21(27)13-15-28(33)32-23-9-4-8-22(16-23)29(34)30(35)36/h1-12,14,16-18,29,34H,13,15,19H2,(H,32,33)(H,35,36). The van der Waals surface area contributed by atoms with Crippen LogP contribution >= 0.6 is 23.4 Å². The smallest absolute Gasteiger partial charge is 0.337 e. The van der Waals surface area contributed by atoms with Gasteiger partial charge in [0.15, 0.2) is 6.10 Å². The zero-order chi connectivity index (χ0) is 26.9. The fourth-order valence-electron chi connectivity index (χ4n) is 3.70. The Kier molecular flexibility index (Phi) is 9.43. The van der Waals surface area contributed by atoms with Crippen molar-refractivity contribution in [1.82, 2.24) is 0 Å². The lowest BCUT2D eigenvalue weighted by Crippen LogP contribution is -2.14. The molecule has 0 aliphatic carbocycles. The van der Waals surface area contributed by atoms with Crippen molar-refractivity contribution in [2.24, 2.45) is 0 Å². The van der Waals surface area contributed by atoms with Crippen molar-refractivity contribution >= 4 is 40.9 Å². The van der Waals surface area contributed by atoms with E-state index < -0.39 is 12.1 Å². The summed E-state index contributed by atoms with van der Waals surface area (Å²) in [5.74, 6) is -0.807. The molecule has 4 rings (SSSR count). The number of hydrogen-bond donors (Lipinski definition) is 3. The zero-order valence-electron chi connectivity index (χ0n) is 20.3. The van der Waals surface area contributed by atoms with Gasteiger partial charge in [0, 0.05) is 26.9 Å². The van der Waals surface area contributed by atoms with Gasteiger partial charge >= 0.3 is 5.97 Å². The number of hydrogen-bond acceptors (Lipinski definition) is 5. The Morgan fingerprint density at radius 1 is 0.895 bits per heavy atom. The van der Waals surface area contributed by atoms with Gasteiger partial charge < -0.3 is 20.3 Å². The molecule has 4 aromatic carbocycles. The molecular formula is C30H26ClNO5S. The number of benzene rings is 4. The maximum absolute atomic E-state index is 12.4. The summed E-state index contributed by atoms with van der Waals surface area (Å²) in [4.78, 5) is 25.4. The second kappa shape index (κ2) is 13.1. The maximum Gasteiger partial charge on any atom is 0.337 e. The predicted octanol–water partition coefficient (Wildman–Crippen LogP) is 6.76. The van der Waals surface area contributed by atoms with Crippen LogP contribution in [0.4, 0.5) is 5.69 Å². The Morgan fingerprint density at radius 3 is 2.42 bits per heavy atom. The van der Waals surface area contributed by atoms with Crippen molar-refractivity contribution in [3.63, 3.8) is 0 Å². The molecule has 0 bridgehead atoms. The lowest BCUT2D eigenvalue weighted by molar-refractivity contribution is -0.146. The number of aryl methyl sites for hydroxylation is 1. The molecule has 4 aromatic rings. The first-order chi connectivity index (χ1) is 18.4. The maximum atomic E-state index is 12.4. The van der Waals surface area contributed by atoms with Gasteiger partial charge in [-0.05, 0) is 65.6 Å². The average Bonchev–Trinajstić information content (AvgIpc) is 2.92. The summed E-state index contributed by atoms with van der Waals surface area (Å²) in [7, 11) is 0. The number of carboxylic acid groups (broad SMARTS) is 1. The van der Waals surface area contributed by atoms with Gasteiger partial charge in [-0.3, -0.25) is 4.79 Å². The van der Waals surface area contributed by atoms with Crippen LogP contribution in [-0.2, 0) is 22.6 Å². The highest BCUT2D eigenvalue weighted by molar-refractivity contribution is 7.99. The molecule has 0 aliphatic heterocycles. The fraction of sp³-hybridized carbons (Fsp3) is 0.133. The van der Waals surface area contributed by atoms with Crippen LogP contribution in [0.15, 0.2) is 107 Å². The number of rotatable bonds is 11. The third kappa shape index (κ3) is 7.86. The van der Waals surface area contributed by atoms with Crippen LogP contribution in [-0.4, -0.2) is 22.1 Å². The molecule has 1 unspecified atom stereocenters. The Hall–Kier alpha value is -3.78. The van der Waals surface area contributed by atoms with E-state index in [-0.39, 0.29) is 17.9 Å². The predicted molar refractivity (Wildman–Crippen MR) is 149 cm³/mol. The zero-order valence-corrected chi connectivity index (χ0v) is 21.9. The summed E-state index contributed by atoms with van der Waals surface area (Å²) < 4.78 is 5.92. The van der Waals surface area contributed by atoms with Gasteiger partial charge in [-0.2, -0.15) is 0 Å². The molecule has 0 fully saturated rings. The molecule has 0 saturated carbocycles. The topological polar surface area (TPSA) is 95.9 Å². The van der Waals surface area contributed by atoms with E-state index in [1.165, 1.54) is 12.1 Å². The first-order valence-electron chi connectivity index (χ1n) is 11.9. The second-order valence-electron chi connectivity index (χ2n) is 8.52. The highest BCUT2D eigenvalue weighted by Crippen LogP contribution is 2.33. The number of aliphatic carboxylic acids is 1. The summed E-state index contributed by atoms with van der Waals surface area (Å²) >= 11 is 8.09. The molecule has 1 atom stereocenters. The van der Waals surface area contributed by atoms with Gasteiger partial charge in [-0.1, -0.05) is 78.0 Å². The molecule has 8 heteroatoms. The number of halogens is 1. The van der Waals surface area contributed by atoms with E-state index in [0.29, 0.717) is 23.7 Å². The van der Waals surface area contributed by atoms with E-state index >= 15 is 0 Å². The van der Waals surface area contributed by atoms with Gasteiger partial charge in [0.05, 0.1) is 0 Å². The van der Waals surface area contributed by atoms with Gasteiger partial charge in [0.25, 0.3) is 0 Å². The molecule has 194 valence electrons. The normalized spacial score (nSPS) is 11.5. The summed E-state index contributed by atoms with van der Waals surface area (Å²) in [5, 5.41) is 22.0. The lowest BCUT2D eigenvalue weighted by Gasteiger charge is -2.11. The van der Waals surface area contributed by atoms with E-state index in [9.17, 15) is 14.7 Å². The van der Waals surface area contributed by atoms with Crippen molar-refractivity contribution in [1.29, 1.82) is 0 Å². The van der Waals surface area contributed by atoms with Crippen LogP contribution in [0.1, 0.15) is 29.2 Å². The van der Waals surface area contributed by atoms with E-state index in [4.69, 9.17) is 21.4 Å². The van der Waals surface area contributed by atoms with Gasteiger partial charge in [0.1, 0.15) is 12.4 Å². The Balaban J connectivity index is 1.31. The van der Waals surface area contributed by atoms with E-state index in [1.54, 1.807) is 23.9 Å². The Labute approximate surface area is 230 Å². The minimum Gasteiger partial charge on any atom is -0.489 e. The number of anilines is 1. The number of nitrogens with one attached hydrogen (secondary N) is 1. The van der Waals surface area contributed by atoms with Crippen molar-refractivity contribution in [2.45, 2.75) is 35.3 Å². The first kappa shape index (κ1) is 27.3. The molecule has 3 N–H and O–H groups in total. The third-order valence-electron chi connectivity index (χ3n) is 5.66. The van der Waals surface area contributed by atoms with E-state index in [0.717, 1.165) is 26.7 Å². The quantitative estimate of drug-likeness (QED) is 0.192. The molecular weight excluding hydrogens is 522 g/mol. The van der Waals surface area contributed by atoms with Crippen molar-refractivity contribution in [2.75, 3.05) is 5.32 Å². The van der Waals surface area contributed by atoms with Crippen molar-refractivity contribution in [3.05, 3.63) is 119 Å². The van der Waals surface area contributed by atoms with E-state index in [2.05, 4.69) is 5.32 Å². The van der Waals surface area contributed by atoms with Gasteiger partial charge in [-0.25, -0.2) is 4.79 Å². The van der Waals surface area contributed by atoms with Crippen LogP contribution in [0.2, 0.25) is 5.02 Å². The minimum atomic E-state index is -1.65. The molecule has 0 aromatic heterocycles. The second-order valence-corrected chi connectivity index (χ2v) is 10.1. The summed E-state index contributed by atoms with van der Waals surface area (Å²) in [5.41, 5.74) is 2.56. The molecule has 6 nitrogen and oxygen atoms in total. The molecule has 0 saturated heterocycles. The van der Waals surface area contributed by atoms with Crippen LogP contribution in [0, 0.1) is 0 Å². The average molecular weight is 548 g/mol. The number of aliphatic hydroxyl groups excluding tert-OH is 1. The van der Waals surface area contributed by atoms with Gasteiger partial charge in [0.2, 0.25) is 5.91 Å². The van der Waals surface area contributed by atoms with Crippen LogP contribution in [0.5, 0.6) is 5.75 Å². The van der Waals surface area contributed by atoms with Gasteiger partial charge in [-0.15, -0.1) is 0 Å². The molecule has 0 radical (unpaired) electrons. The van der Waals surface area contributed by atoms with Crippen LogP contribution < -0.4 is 10.1 Å². The molecule has 0 heterocycles. The molecule has 38 heavy (non-hydrogen) atoms. The minimum absolute atomic E-state index is 0.193. The Bertz CT molecular complexity index is 1410. The summed E-state index contributed by atoms with van der Waals surface area (Å²) in [6.07, 6.45) is -1.01. The number of carbonyl (C=O) groups is 2. The molecule has 0 aliphatic rings. The van der Waals surface area contributed by atoms with E-state index in [1.807, 2.05) is 72.8 Å². The summed E-state index contributed by atoms with van der Waals surface area (Å²) in [6.45, 7) is 0.499. The monoisotopic (exact) mass is 547 g/mol. The highest BCUT2D eigenvalue weighted by Gasteiger charge is 2.16. The number of carbonyl (C=O) groups excluding carboxylic acids is 1. The fourth-order valence-corrected chi connectivity index (χ4v) is 4.95. The highest BCUT2D eigenvalue weighted by atomic mass is 35.5. The largest absolute Gasteiger partial charge is 0.489 e. The number of ether oxygens (including phenoxy) is 1. The van der Waals surface area contributed by atoms with Crippen molar-refractivity contribution < 1.29 is 24.5 Å². The first-order valence-corrected chi connectivity index (χ1v) is 13.1. The molecule has 1 amide bonds. The number of amides is 1. The third-order valence-corrected chi connectivity index (χ3v) is 6.99. The van der Waals surface area contributed by atoms with Crippen LogP contribution in [0.25, 0.3) is 0 Å². The Morgan fingerprint density at radius 2 is 1.66 bits per heavy atom. The summed E-state index contributed by atoms with van der Waals surface area (Å²) in [6, 6.07) is 29.8. The number of carboxylic acids is 1. The molecule has 0 spiro atoms. The lowest BCUT2D eigenvalue weighted by atomic mass is 10.1. The number of aliphatic hydroxyl groups is 1.